The monoisotopic (exact) mass is 211 g/mol. The number of aryl methyl sites for hydroxylation is 1. The number of aromatic nitrogens is 4. The van der Waals surface area contributed by atoms with E-state index in [1.165, 1.54) is 11.5 Å². The molecule has 0 unspecified atom stereocenters. The van der Waals surface area contributed by atoms with Crippen LogP contribution in [0.25, 0.3) is 11.6 Å². The maximum absolute atomic E-state index is 5.37. The molecule has 0 spiro atoms. The molecule has 0 aliphatic carbocycles. The molecule has 0 radical (unpaired) electrons. The van der Waals surface area contributed by atoms with Gasteiger partial charge in [-0.25, -0.2) is 0 Å². The minimum atomic E-state index is 0.422. The second kappa shape index (κ2) is 4.25. The van der Waals surface area contributed by atoms with Crippen LogP contribution in [0.1, 0.15) is 12.3 Å². The predicted octanol–water partition coefficient (Wildman–Crippen LogP) is 0.479. The van der Waals surface area contributed by atoms with E-state index < -0.39 is 0 Å². The van der Waals surface area contributed by atoms with E-state index >= 15 is 0 Å². The van der Waals surface area contributed by atoms with E-state index in [2.05, 4.69) is 19.8 Å². The molecule has 0 aliphatic rings. The zero-order chi connectivity index (χ0) is 9.80. The van der Waals surface area contributed by atoms with E-state index in [1.54, 1.807) is 5.38 Å². The third-order valence-electron chi connectivity index (χ3n) is 1.64. The normalized spacial score (nSPS) is 10.6. The van der Waals surface area contributed by atoms with Crippen molar-refractivity contribution in [2.24, 2.45) is 5.73 Å². The van der Waals surface area contributed by atoms with Gasteiger partial charge in [0.25, 0.3) is 5.89 Å². The lowest BCUT2D eigenvalue weighted by molar-refractivity contribution is 0.497. The summed E-state index contributed by atoms with van der Waals surface area (Å²) in [6, 6.07) is 0. The van der Waals surface area contributed by atoms with Crippen LogP contribution in [0.15, 0.2) is 9.80 Å². The van der Waals surface area contributed by atoms with Crippen LogP contribution in [0, 0.1) is 0 Å². The van der Waals surface area contributed by atoms with Gasteiger partial charge in [0.05, 0.1) is 0 Å². The summed E-state index contributed by atoms with van der Waals surface area (Å²) in [5, 5.41) is 13.3. The first-order valence-corrected chi connectivity index (χ1v) is 5.03. The topological polar surface area (TPSA) is 90.7 Å². The molecule has 2 aromatic heterocycles. The molecule has 0 aliphatic heterocycles. The van der Waals surface area contributed by atoms with Gasteiger partial charge in [0, 0.05) is 11.8 Å². The van der Waals surface area contributed by atoms with E-state index in [-0.39, 0.29) is 0 Å². The van der Waals surface area contributed by atoms with Gasteiger partial charge < -0.3 is 10.2 Å². The third-order valence-corrected chi connectivity index (χ3v) is 2.15. The summed E-state index contributed by atoms with van der Waals surface area (Å²) in [7, 11) is 0. The first kappa shape index (κ1) is 9.22. The van der Waals surface area contributed by atoms with Crippen molar-refractivity contribution >= 4 is 11.5 Å². The van der Waals surface area contributed by atoms with Gasteiger partial charge in [-0.1, -0.05) is 4.49 Å². The van der Waals surface area contributed by atoms with Gasteiger partial charge >= 0.3 is 0 Å². The summed E-state index contributed by atoms with van der Waals surface area (Å²) < 4.78 is 9.07. The first-order chi connectivity index (χ1) is 6.90. The van der Waals surface area contributed by atoms with Crippen LogP contribution in [-0.2, 0) is 6.42 Å². The van der Waals surface area contributed by atoms with E-state index in [4.69, 9.17) is 10.2 Å². The van der Waals surface area contributed by atoms with Crippen molar-refractivity contribution in [3.8, 4) is 11.6 Å². The molecule has 14 heavy (non-hydrogen) atoms. The summed E-state index contributed by atoms with van der Waals surface area (Å²) in [4.78, 5) is 0. The van der Waals surface area contributed by atoms with Crippen LogP contribution >= 0.6 is 11.5 Å². The highest BCUT2D eigenvalue weighted by Crippen LogP contribution is 2.15. The van der Waals surface area contributed by atoms with Crippen molar-refractivity contribution in [2.45, 2.75) is 12.8 Å². The second-order valence-corrected chi connectivity index (χ2v) is 3.29. The Balaban J connectivity index is 2.10. The molecule has 0 fully saturated rings. The molecule has 2 N–H and O–H groups in total. The minimum absolute atomic E-state index is 0.422. The van der Waals surface area contributed by atoms with Crippen LogP contribution < -0.4 is 5.73 Å². The summed E-state index contributed by atoms with van der Waals surface area (Å²) in [6.45, 7) is 0.621. The number of nitrogens with two attached hydrogens (primary N) is 1. The Morgan fingerprint density at radius 2 is 2.29 bits per heavy atom. The largest absolute Gasteiger partial charge is 0.419 e. The molecule has 0 amide bonds. The molecule has 2 heterocycles. The second-order valence-electron chi connectivity index (χ2n) is 2.68. The molecule has 0 aromatic carbocycles. The van der Waals surface area contributed by atoms with Gasteiger partial charge in [-0.15, -0.1) is 15.3 Å². The fraction of sp³-hybridized carbons (Fsp3) is 0.429. The molecule has 0 saturated heterocycles. The minimum Gasteiger partial charge on any atom is -0.419 e. The van der Waals surface area contributed by atoms with Gasteiger partial charge in [0.1, 0.15) is 0 Å². The number of hydrogen-bond acceptors (Lipinski definition) is 7. The van der Waals surface area contributed by atoms with Gasteiger partial charge in [-0.2, -0.15) is 0 Å². The molecule has 0 bridgehead atoms. The first-order valence-electron chi connectivity index (χ1n) is 4.20. The molecule has 6 nitrogen and oxygen atoms in total. The Morgan fingerprint density at radius 1 is 1.36 bits per heavy atom. The average molecular weight is 211 g/mol. The fourth-order valence-corrected chi connectivity index (χ4v) is 1.40. The molecule has 2 rings (SSSR count). The molecule has 2 aromatic rings. The Labute approximate surface area is 84.3 Å². The molecule has 7 heteroatoms. The van der Waals surface area contributed by atoms with Crippen molar-refractivity contribution in [2.75, 3.05) is 6.54 Å². The van der Waals surface area contributed by atoms with E-state index in [0.717, 1.165) is 6.42 Å². The zero-order valence-corrected chi connectivity index (χ0v) is 8.20. The maximum atomic E-state index is 5.37. The highest BCUT2D eigenvalue weighted by molar-refractivity contribution is 7.03. The van der Waals surface area contributed by atoms with Crippen molar-refractivity contribution < 1.29 is 4.42 Å². The van der Waals surface area contributed by atoms with Crippen LogP contribution in [0.5, 0.6) is 0 Å². The Kier molecular flexibility index (Phi) is 2.80. The summed E-state index contributed by atoms with van der Waals surface area (Å²) >= 11 is 1.25. The van der Waals surface area contributed by atoms with Crippen molar-refractivity contribution in [3.05, 3.63) is 11.3 Å². The smallest absolute Gasteiger partial charge is 0.269 e. The van der Waals surface area contributed by atoms with Gasteiger partial charge in [0.2, 0.25) is 5.89 Å². The number of hydrogen-bond donors (Lipinski definition) is 1. The third kappa shape index (κ3) is 1.94. The maximum Gasteiger partial charge on any atom is 0.269 e. The van der Waals surface area contributed by atoms with Gasteiger partial charge in [-0.05, 0) is 24.5 Å². The van der Waals surface area contributed by atoms with Crippen molar-refractivity contribution in [1.82, 2.24) is 19.8 Å². The van der Waals surface area contributed by atoms with Gasteiger partial charge in [0.15, 0.2) is 5.69 Å². The average Bonchev–Trinajstić information content (AvgIpc) is 2.85. The number of rotatable bonds is 4. The summed E-state index contributed by atoms with van der Waals surface area (Å²) in [5.41, 5.74) is 5.99. The van der Waals surface area contributed by atoms with E-state index in [0.29, 0.717) is 30.4 Å². The highest BCUT2D eigenvalue weighted by Gasteiger charge is 2.09. The molecular weight excluding hydrogens is 202 g/mol. The van der Waals surface area contributed by atoms with Crippen molar-refractivity contribution in [3.63, 3.8) is 0 Å². The molecular formula is C7H9N5OS. The van der Waals surface area contributed by atoms with Crippen LogP contribution in [0.2, 0.25) is 0 Å². The summed E-state index contributed by atoms with van der Waals surface area (Å²) in [5.74, 6) is 1.02. The Bertz CT molecular complexity index is 384. The lowest BCUT2D eigenvalue weighted by atomic mass is 10.3. The quantitative estimate of drug-likeness (QED) is 0.790. The standard InChI is InChI=1S/C7H9N5OS/c8-3-1-2-6-10-11-7(13-6)5-4-14-12-9-5/h4H,1-3,8H2. The van der Waals surface area contributed by atoms with E-state index in [1.807, 2.05) is 0 Å². The Hall–Kier alpha value is -1.34. The van der Waals surface area contributed by atoms with Gasteiger partial charge in [-0.3, -0.25) is 0 Å². The van der Waals surface area contributed by atoms with Crippen LogP contribution in [-0.4, -0.2) is 26.3 Å². The fourth-order valence-electron chi connectivity index (χ4n) is 0.969. The lowest BCUT2D eigenvalue weighted by Crippen LogP contribution is -2.00. The molecule has 0 saturated carbocycles. The number of nitrogens with zero attached hydrogens (tertiary/aromatic N) is 4. The Morgan fingerprint density at radius 3 is 3.00 bits per heavy atom. The SMILES string of the molecule is NCCCc1nnc(-c2csnn2)o1. The molecule has 74 valence electrons. The lowest BCUT2D eigenvalue weighted by Gasteiger charge is -1.89. The highest BCUT2D eigenvalue weighted by atomic mass is 32.1. The molecule has 0 atom stereocenters. The zero-order valence-electron chi connectivity index (χ0n) is 7.38. The predicted molar refractivity (Wildman–Crippen MR) is 50.6 cm³/mol. The van der Waals surface area contributed by atoms with E-state index in [9.17, 15) is 0 Å². The van der Waals surface area contributed by atoms with Crippen LogP contribution in [0.4, 0.5) is 0 Å². The van der Waals surface area contributed by atoms with Crippen molar-refractivity contribution in [1.29, 1.82) is 0 Å². The van der Waals surface area contributed by atoms with Crippen LogP contribution in [0.3, 0.4) is 0 Å². The summed E-state index contributed by atoms with van der Waals surface area (Å²) in [6.07, 6.45) is 1.55.